The summed E-state index contributed by atoms with van der Waals surface area (Å²) in [7, 11) is 1.36. The van der Waals surface area contributed by atoms with Gasteiger partial charge in [-0.3, -0.25) is 0 Å². The predicted molar refractivity (Wildman–Crippen MR) is 91.1 cm³/mol. The molecule has 2 atom stereocenters. The molecule has 26 heavy (non-hydrogen) atoms. The van der Waals surface area contributed by atoms with Crippen LogP contribution in [0.5, 0.6) is 34.5 Å². The van der Waals surface area contributed by atoms with Crippen molar-refractivity contribution in [1.82, 2.24) is 0 Å². The van der Waals surface area contributed by atoms with E-state index in [0.29, 0.717) is 28.9 Å². The van der Waals surface area contributed by atoms with Crippen molar-refractivity contribution in [2.24, 2.45) is 0 Å². The maximum Gasteiger partial charge on any atom is 0.203 e. The van der Waals surface area contributed by atoms with Crippen molar-refractivity contribution in [3.05, 3.63) is 34.9 Å². The Balaban J connectivity index is 1.90. The van der Waals surface area contributed by atoms with Crippen molar-refractivity contribution in [2.45, 2.75) is 38.1 Å². The molecule has 0 radical (unpaired) electrons. The number of fused-ring (bicyclic) bond motifs is 4. The predicted octanol–water partition coefficient (Wildman–Crippen LogP) is 2.83. The van der Waals surface area contributed by atoms with E-state index >= 15 is 0 Å². The molecule has 2 heterocycles. The molecule has 2 aromatic carbocycles. The Morgan fingerprint density at radius 3 is 2.50 bits per heavy atom. The van der Waals surface area contributed by atoms with Crippen LogP contribution in [0.3, 0.4) is 0 Å². The Morgan fingerprint density at radius 1 is 1.08 bits per heavy atom. The lowest BCUT2D eigenvalue weighted by molar-refractivity contribution is -0.141. The van der Waals surface area contributed by atoms with Gasteiger partial charge in [-0.2, -0.15) is 0 Å². The first-order chi connectivity index (χ1) is 12.2. The van der Waals surface area contributed by atoms with Crippen LogP contribution >= 0.6 is 0 Å². The van der Waals surface area contributed by atoms with Crippen molar-refractivity contribution >= 4 is 0 Å². The number of methoxy groups -OCH3 is 1. The lowest BCUT2D eigenvalue weighted by atomic mass is 9.81. The zero-order valence-electron chi connectivity index (χ0n) is 14.6. The molecule has 2 aromatic rings. The third kappa shape index (κ3) is 2.24. The van der Waals surface area contributed by atoms with Crippen molar-refractivity contribution in [3.63, 3.8) is 0 Å². The molecule has 2 aliphatic rings. The first kappa shape index (κ1) is 16.7. The van der Waals surface area contributed by atoms with Gasteiger partial charge >= 0.3 is 0 Å². The average Bonchev–Trinajstić information content (AvgIpc) is 2.53. The van der Waals surface area contributed by atoms with E-state index in [0.717, 1.165) is 0 Å². The normalized spacial score (nSPS) is 22.6. The minimum Gasteiger partial charge on any atom is -0.508 e. The Hall–Kier alpha value is -2.80. The van der Waals surface area contributed by atoms with Crippen molar-refractivity contribution in [3.8, 4) is 34.5 Å². The first-order valence-corrected chi connectivity index (χ1v) is 8.25. The van der Waals surface area contributed by atoms with E-state index in [1.54, 1.807) is 0 Å². The molecule has 0 fully saturated rings. The van der Waals surface area contributed by atoms with Gasteiger partial charge in [-0.15, -0.1) is 0 Å². The third-order valence-corrected chi connectivity index (χ3v) is 4.99. The second kappa shape index (κ2) is 5.35. The summed E-state index contributed by atoms with van der Waals surface area (Å²) >= 11 is 0. The van der Waals surface area contributed by atoms with Crippen LogP contribution in [-0.2, 0) is 16.8 Å². The molecular weight excluding hydrogens is 340 g/mol. The Morgan fingerprint density at radius 2 is 1.81 bits per heavy atom. The molecule has 0 spiro atoms. The molecule has 0 bridgehead atoms. The highest BCUT2D eigenvalue weighted by molar-refractivity contribution is 5.62. The topological polar surface area (TPSA) is 109 Å². The fraction of sp³-hybridized carbons (Fsp3) is 0.368. The summed E-state index contributed by atoms with van der Waals surface area (Å²) in [4.78, 5) is 0. The summed E-state index contributed by atoms with van der Waals surface area (Å²) in [6.45, 7) is 3.62. The highest BCUT2D eigenvalue weighted by Crippen LogP contribution is 2.55. The zero-order valence-corrected chi connectivity index (χ0v) is 14.6. The van der Waals surface area contributed by atoms with Crippen molar-refractivity contribution < 1.29 is 34.6 Å². The van der Waals surface area contributed by atoms with E-state index in [2.05, 4.69) is 0 Å². The number of aromatic hydroxyl groups is 4. The van der Waals surface area contributed by atoms with Crippen molar-refractivity contribution in [2.75, 3.05) is 7.11 Å². The maximum atomic E-state index is 10.6. The third-order valence-electron chi connectivity index (χ3n) is 4.99. The molecule has 0 aromatic heterocycles. The molecule has 0 saturated carbocycles. The average molecular weight is 360 g/mol. The minimum absolute atomic E-state index is 0.0228. The van der Waals surface area contributed by atoms with Gasteiger partial charge in [0.2, 0.25) is 5.75 Å². The number of benzene rings is 2. The maximum absolute atomic E-state index is 10.6. The lowest BCUT2D eigenvalue weighted by Crippen LogP contribution is -2.44. The fourth-order valence-corrected chi connectivity index (χ4v) is 3.97. The van der Waals surface area contributed by atoms with Crippen LogP contribution in [0.1, 0.15) is 36.6 Å². The van der Waals surface area contributed by atoms with E-state index in [1.807, 2.05) is 13.8 Å². The number of phenols is 4. The van der Waals surface area contributed by atoms with E-state index in [4.69, 9.17) is 14.2 Å². The molecule has 0 aliphatic carbocycles. The largest absolute Gasteiger partial charge is 0.508 e. The van der Waals surface area contributed by atoms with Gasteiger partial charge in [0.1, 0.15) is 23.4 Å². The smallest absolute Gasteiger partial charge is 0.203 e. The van der Waals surface area contributed by atoms with Gasteiger partial charge < -0.3 is 34.6 Å². The van der Waals surface area contributed by atoms with Crippen LogP contribution in [0.2, 0.25) is 0 Å². The zero-order chi connectivity index (χ0) is 18.8. The minimum atomic E-state index is -0.866. The van der Waals surface area contributed by atoms with Gasteiger partial charge in [0.25, 0.3) is 0 Å². The van der Waals surface area contributed by atoms with Crippen molar-refractivity contribution in [1.29, 1.82) is 0 Å². The van der Waals surface area contributed by atoms with E-state index < -0.39 is 17.8 Å². The molecule has 7 heteroatoms. The highest BCUT2D eigenvalue weighted by Gasteiger charge is 2.47. The van der Waals surface area contributed by atoms with Gasteiger partial charge in [0, 0.05) is 35.2 Å². The SMILES string of the molecule is COc1c(O)cc2c(c1O)C(C)(C)OC1Cc3c(O)cc(O)cc3OC21. The molecule has 0 saturated heterocycles. The molecule has 138 valence electrons. The quantitative estimate of drug-likeness (QED) is 0.619. The molecule has 2 aliphatic heterocycles. The summed E-state index contributed by atoms with van der Waals surface area (Å²) in [5, 5.41) is 40.7. The first-order valence-electron chi connectivity index (χ1n) is 8.25. The number of hydrogen-bond acceptors (Lipinski definition) is 7. The monoisotopic (exact) mass is 360 g/mol. The lowest BCUT2D eigenvalue weighted by Gasteiger charge is -2.45. The molecular formula is C19H20O7. The van der Waals surface area contributed by atoms with E-state index in [1.165, 1.54) is 25.3 Å². The second-order valence-electron chi connectivity index (χ2n) is 7.09. The van der Waals surface area contributed by atoms with Gasteiger partial charge in [-0.05, 0) is 19.9 Å². The number of phenolic OH excluding ortho intramolecular Hbond substituents is 4. The summed E-state index contributed by atoms with van der Waals surface area (Å²) in [6, 6.07) is 4.18. The Kier molecular flexibility index (Phi) is 3.43. The number of ether oxygens (including phenoxy) is 3. The van der Waals surface area contributed by atoms with Gasteiger partial charge in [-0.25, -0.2) is 0 Å². The van der Waals surface area contributed by atoms with Crippen LogP contribution in [0, 0.1) is 0 Å². The fourth-order valence-electron chi connectivity index (χ4n) is 3.97. The van der Waals surface area contributed by atoms with Crippen LogP contribution < -0.4 is 9.47 Å². The van der Waals surface area contributed by atoms with Gasteiger partial charge in [-0.1, -0.05) is 0 Å². The summed E-state index contributed by atoms with van der Waals surface area (Å²) in [5.74, 6) is -0.255. The summed E-state index contributed by atoms with van der Waals surface area (Å²) in [6.07, 6.45) is -0.690. The van der Waals surface area contributed by atoms with Gasteiger partial charge in [0.05, 0.1) is 12.7 Å². The Labute approximate surface area is 150 Å². The van der Waals surface area contributed by atoms with Gasteiger partial charge in [0.15, 0.2) is 17.6 Å². The number of hydrogen-bond donors (Lipinski definition) is 4. The highest BCUT2D eigenvalue weighted by atomic mass is 16.6. The molecule has 0 amide bonds. The number of rotatable bonds is 1. The van der Waals surface area contributed by atoms with Crippen LogP contribution in [0.4, 0.5) is 0 Å². The van der Waals surface area contributed by atoms with E-state index in [-0.39, 0.29) is 28.7 Å². The van der Waals surface area contributed by atoms with Crippen LogP contribution in [0.15, 0.2) is 18.2 Å². The van der Waals surface area contributed by atoms with E-state index in [9.17, 15) is 20.4 Å². The Bertz CT molecular complexity index is 903. The summed E-state index contributed by atoms with van der Waals surface area (Å²) < 4.78 is 17.3. The standard InChI is InChI=1S/C19H20O7/c1-19(2)15-10(6-12(22)18(24-3)16(15)23)17-14(26-19)7-9-11(21)4-8(20)5-13(9)25-17/h4-6,14,17,20-23H,7H2,1-3H3. The summed E-state index contributed by atoms with van der Waals surface area (Å²) in [5.41, 5.74) is 0.733. The van der Waals surface area contributed by atoms with Crippen LogP contribution in [-0.4, -0.2) is 33.6 Å². The molecule has 7 nitrogen and oxygen atoms in total. The second-order valence-corrected chi connectivity index (χ2v) is 7.09. The molecule has 4 rings (SSSR count). The molecule has 2 unspecified atom stereocenters. The molecule has 4 N–H and O–H groups in total. The van der Waals surface area contributed by atoms with Crippen LogP contribution in [0.25, 0.3) is 0 Å².